The van der Waals surface area contributed by atoms with Gasteiger partial charge in [-0.1, -0.05) is 13.8 Å². The molecule has 2 N–H and O–H groups in total. The van der Waals surface area contributed by atoms with Crippen LogP contribution in [0.1, 0.15) is 37.6 Å². The van der Waals surface area contributed by atoms with Crippen molar-refractivity contribution < 1.29 is 4.79 Å². The first-order valence-electron chi connectivity index (χ1n) is 6.62. The fraction of sp³-hybridized carbons (Fsp3) is 0.571. The Morgan fingerprint density at radius 2 is 2.16 bits per heavy atom. The Hall–Kier alpha value is -1.10. The van der Waals surface area contributed by atoms with E-state index in [-0.39, 0.29) is 11.9 Å². The van der Waals surface area contributed by atoms with Crippen LogP contribution in [0.3, 0.4) is 0 Å². The van der Waals surface area contributed by atoms with E-state index in [1.807, 2.05) is 4.90 Å². The third kappa shape index (κ3) is 2.91. The minimum atomic E-state index is -0.0165. The number of piperidine rings is 1. The van der Waals surface area contributed by atoms with E-state index in [9.17, 15) is 4.79 Å². The summed E-state index contributed by atoms with van der Waals surface area (Å²) >= 11 is 3.34. The molecule has 0 aromatic carbocycles. The number of pyridine rings is 1. The molecule has 1 saturated heterocycles. The topological polar surface area (TPSA) is 59.2 Å². The van der Waals surface area contributed by atoms with Gasteiger partial charge in [0, 0.05) is 23.3 Å². The summed E-state index contributed by atoms with van der Waals surface area (Å²) in [4.78, 5) is 18.6. The van der Waals surface area contributed by atoms with Crippen LogP contribution >= 0.6 is 15.9 Å². The maximum Gasteiger partial charge on any atom is 0.257 e. The van der Waals surface area contributed by atoms with Gasteiger partial charge < -0.3 is 10.6 Å². The van der Waals surface area contributed by atoms with Crippen LogP contribution in [-0.2, 0) is 0 Å². The second-order valence-corrected chi connectivity index (χ2v) is 6.52. The zero-order valence-corrected chi connectivity index (χ0v) is 13.1. The Balaban J connectivity index is 2.30. The van der Waals surface area contributed by atoms with Gasteiger partial charge in [0.05, 0.1) is 5.56 Å². The summed E-state index contributed by atoms with van der Waals surface area (Å²) < 4.78 is 0.774. The zero-order chi connectivity index (χ0) is 14.2. The molecule has 3 atom stereocenters. The number of aromatic nitrogens is 1. The Bertz CT molecular complexity index is 492. The second kappa shape index (κ2) is 5.49. The zero-order valence-electron chi connectivity index (χ0n) is 11.6. The van der Waals surface area contributed by atoms with Gasteiger partial charge in [0.1, 0.15) is 5.82 Å². The minimum Gasteiger partial charge on any atom is -0.383 e. The first-order valence-corrected chi connectivity index (χ1v) is 7.41. The molecule has 0 spiro atoms. The molecule has 0 aliphatic carbocycles. The monoisotopic (exact) mass is 325 g/mol. The van der Waals surface area contributed by atoms with E-state index in [0.29, 0.717) is 23.2 Å². The van der Waals surface area contributed by atoms with Crippen molar-refractivity contribution in [2.75, 3.05) is 12.3 Å². The van der Waals surface area contributed by atoms with Gasteiger partial charge in [0.15, 0.2) is 0 Å². The summed E-state index contributed by atoms with van der Waals surface area (Å²) in [6.45, 7) is 7.28. The number of nitrogen functional groups attached to an aromatic ring is 1. The van der Waals surface area contributed by atoms with Crippen LogP contribution in [0.25, 0.3) is 0 Å². The van der Waals surface area contributed by atoms with E-state index >= 15 is 0 Å². The Kier molecular flexibility index (Phi) is 4.13. The van der Waals surface area contributed by atoms with Gasteiger partial charge in [-0.3, -0.25) is 4.79 Å². The fourth-order valence-corrected chi connectivity index (χ4v) is 3.09. The summed E-state index contributed by atoms with van der Waals surface area (Å²) in [5, 5.41) is 0. The molecule has 0 bridgehead atoms. The standard InChI is InChI=1S/C14H20BrN3O/c1-8-4-9(2)10(3)18(7-8)14(19)12-5-11(15)6-17-13(12)16/h5-6,8-10H,4,7H2,1-3H3,(H2,16,17). The lowest BCUT2D eigenvalue weighted by Gasteiger charge is -2.41. The highest BCUT2D eigenvalue weighted by Crippen LogP contribution is 2.29. The van der Waals surface area contributed by atoms with E-state index < -0.39 is 0 Å². The molecular formula is C14H20BrN3O. The third-order valence-corrected chi connectivity index (χ3v) is 4.41. The summed E-state index contributed by atoms with van der Waals surface area (Å²) in [5.74, 6) is 1.31. The van der Waals surface area contributed by atoms with E-state index in [0.717, 1.165) is 17.4 Å². The third-order valence-electron chi connectivity index (χ3n) is 3.97. The molecule has 104 valence electrons. The number of hydrogen-bond donors (Lipinski definition) is 1. The normalized spacial score (nSPS) is 27.4. The molecule has 5 heteroatoms. The van der Waals surface area contributed by atoms with Crippen LogP contribution in [0.15, 0.2) is 16.7 Å². The molecule has 19 heavy (non-hydrogen) atoms. The summed E-state index contributed by atoms with van der Waals surface area (Å²) in [5.41, 5.74) is 6.32. The van der Waals surface area contributed by atoms with E-state index in [1.54, 1.807) is 12.3 Å². The number of likely N-dealkylation sites (tertiary alicyclic amines) is 1. The van der Waals surface area contributed by atoms with Gasteiger partial charge in [-0.05, 0) is 47.2 Å². The van der Waals surface area contributed by atoms with Gasteiger partial charge >= 0.3 is 0 Å². The van der Waals surface area contributed by atoms with Gasteiger partial charge in [-0.2, -0.15) is 0 Å². The number of anilines is 1. The van der Waals surface area contributed by atoms with Gasteiger partial charge in [-0.25, -0.2) is 4.98 Å². The van der Waals surface area contributed by atoms with Gasteiger partial charge in [-0.15, -0.1) is 0 Å². The van der Waals surface area contributed by atoms with Crippen LogP contribution in [0.4, 0.5) is 5.82 Å². The van der Waals surface area contributed by atoms with Crippen molar-refractivity contribution in [3.63, 3.8) is 0 Å². The number of halogens is 1. The molecule has 1 fully saturated rings. The van der Waals surface area contributed by atoms with Crippen LogP contribution in [0.5, 0.6) is 0 Å². The number of carbonyl (C=O) groups excluding carboxylic acids is 1. The molecule has 1 aromatic rings. The number of nitrogens with zero attached hydrogens (tertiary/aromatic N) is 2. The van der Waals surface area contributed by atoms with Crippen molar-refractivity contribution in [2.45, 2.75) is 33.2 Å². The Labute approximate surface area is 122 Å². The molecule has 1 aliphatic rings. The smallest absolute Gasteiger partial charge is 0.257 e. The maximum atomic E-state index is 12.7. The molecule has 0 saturated carbocycles. The molecule has 2 rings (SSSR count). The highest BCUT2D eigenvalue weighted by atomic mass is 79.9. The van der Waals surface area contributed by atoms with Crippen LogP contribution in [0, 0.1) is 11.8 Å². The molecule has 2 heterocycles. The number of nitrogens with two attached hydrogens (primary N) is 1. The number of carbonyl (C=O) groups is 1. The van der Waals surface area contributed by atoms with Crippen molar-refractivity contribution in [2.24, 2.45) is 11.8 Å². The predicted molar refractivity (Wildman–Crippen MR) is 79.8 cm³/mol. The average molecular weight is 326 g/mol. The van der Waals surface area contributed by atoms with E-state index in [2.05, 4.69) is 41.7 Å². The molecule has 1 aromatic heterocycles. The second-order valence-electron chi connectivity index (χ2n) is 5.60. The average Bonchev–Trinajstić information content (AvgIpc) is 2.36. The molecule has 3 unspecified atom stereocenters. The lowest BCUT2D eigenvalue weighted by Crippen LogP contribution is -2.49. The Morgan fingerprint density at radius 3 is 2.84 bits per heavy atom. The fourth-order valence-electron chi connectivity index (χ4n) is 2.76. The number of amides is 1. The van der Waals surface area contributed by atoms with Crippen molar-refractivity contribution in [3.8, 4) is 0 Å². The van der Waals surface area contributed by atoms with Gasteiger partial charge in [0.25, 0.3) is 5.91 Å². The molecule has 1 amide bonds. The van der Waals surface area contributed by atoms with Gasteiger partial charge in [0.2, 0.25) is 0 Å². The first-order chi connectivity index (χ1) is 8.90. The first kappa shape index (κ1) is 14.3. The van der Waals surface area contributed by atoms with E-state index in [1.165, 1.54) is 0 Å². The molecule has 1 aliphatic heterocycles. The number of hydrogen-bond acceptors (Lipinski definition) is 3. The van der Waals surface area contributed by atoms with Crippen LogP contribution < -0.4 is 5.73 Å². The molecular weight excluding hydrogens is 306 g/mol. The highest BCUT2D eigenvalue weighted by molar-refractivity contribution is 9.10. The summed E-state index contributed by atoms with van der Waals surface area (Å²) in [6.07, 6.45) is 2.77. The van der Waals surface area contributed by atoms with Crippen LogP contribution in [0.2, 0.25) is 0 Å². The summed E-state index contributed by atoms with van der Waals surface area (Å²) in [7, 11) is 0. The SMILES string of the molecule is CC1CC(C)C(C)N(C(=O)c2cc(Br)cnc2N)C1. The molecule has 0 radical (unpaired) electrons. The summed E-state index contributed by atoms with van der Waals surface area (Å²) in [6, 6.07) is 1.99. The van der Waals surface area contributed by atoms with Crippen molar-refractivity contribution in [1.82, 2.24) is 9.88 Å². The van der Waals surface area contributed by atoms with Crippen molar-refractivity contribution in [1.29, 1.82) is 0 Å². The lowest BCUT2D eigenvalue weighted by atomic mass is 9.85. The number of rotatable bonds is 1. The van der Waals surface area contributed by atoms with Crippen molar-refractivity contribution in [3.05, 3.63) is 22.3 Å². The largest absolute Gasteiger partial charge is 0.383 e. The minimum absolute atomic E-state index is 0.0165. The van der Waals surface area contributed by atoms with Crippen molar-refractivity contribution >= 4 is 27.7 Å². The molecule has 4 nitrogen and oxygen atoms in total. The highest BCUT2D eigenvalue weighted by Gasteiger charge is 2.33. The van der Waals surface area contributed by atoms with E-state index in [4.69, 9.17) is 5.73 Å². The lowest BCUT2D eigenvalue weighted by molar-refractivity contribution is 0.0456. The quantitative estimate of drug-likeness (QED) is 0.863. The maximum absolute atomic E-state index is 12.7. The Morgan fingerprint density at radius 1 is 1.47 bits per heavy atom. The predicted octanol–water partition coefficient (Wildman–Crippen LogP) is 2.93. The van der Waals surface area contributed by atoms with Crippen LogP contribution in [-0.4, -0.2) is 28.4 Å².